The molecule has 0 fully saturated rings. The number of amides is 1. The third-order valence-electron chi connectivity index (χ3n) is 2.53. The van der Waals surface area contributed by atoms with Crippen molar-refractivity contribution in [1.82, 2.24) is 4.98 Å². The van der Waals surface area contributed by atoms with Crippen LogP contribution in [0.5, 0.6) is 5.75 Å². The first-order valence-corrected chi connectivity index (χ1v) is 7.19. The molecule has 0 spiro atoms. The van der Waals surface area contributed by atoms with Crippen molar-refractivity contribution in [2.45, 2.75) is 0 Å². The maximum Gasteiger partial charge on any atom is 0.263 e. The minimum atomic E-state index is -0.298. The predicted molar refractivity (Wildman–Crippen MR) is 88.4 cm³/mol. The molecule has 108 valence electrons. The molecule has 1 aromatic heterocycles. The SMILES string of the molecule is NC(=S)c1ccc(OCC(=O)Nc2ncccc2Br)cc1. The summed E-state index contributed by atoms with van der Waals surface area (Å²) in [7, 11) is 0. The van der Waals surface area contributed by atoms with E-state index in [0.29, 0.717) is 21.0 Å². The summed E-state index contributed by atoms with van der Waals surface area (Å²) in [5.41, 5.74) is 6.25. The number of rotatable bonds is 5. The summed E-state index contributed by atoms with van der Waals surface area (Å²) in [6.45, 7) is -0.116. The maximum atomic E-state index is 11.8. The van der Waals surface area contributed by atoms with Crippen molar-refractivity contribution in [1.29, 1.82) is 0 Å². The molecule has 0 atom stereocenters. The number of nitrogens with zero attached hydrogens (tertiary/aromatic N) is 1. The molecule has 0 bridgehead atoms. The van der Waals surface area contributed by atoms with Crippen LogP contribution in [-0.4, -0.2) is 22.5 Å². The second kappa shape index (κ2) is 7.14. The van der Waals surface area contributed by atoms with Crippen molar-refractivity contribution >= 4 is 44.9 Å². The van der Waals surface area contributed by atoms with Gasteiger partial charge in [0.25, 0.3) is 5.91 Å². The van der Waals surface area contributed by atoms with Crippen molar-refractivity contribution < 1.29 is 9.53 Å². The number of aromatic nitrogens is 1. The minimum absolute atomic E-state index is 0.116. The molecule has 0 aliphatic heterocycles. The zero-order valence-electron chi connectivity index (χ0n) is 10.9. The summed E-state index contributed by atoms with van der Waals surface area (Å²) in [4.78, 5) is 16.1. The quantitative estimate of drug-likeness (QED) is 0.796. The number of ether oxygens (including phenoxy) is 1. The molecule has 0 aliphatic rings. The number of hydrogen-bond donors (Lipinski definition) is 2. The molecule has 7 heteroatoms. The van der Waals surface area contributed by atoms with E-state index >= 15 is 0 Å². The molecule has 3 N–H and O–H groups in total. The third kappa shape index (κ3) is 4.51. The van der Waals surface area contributed by atoms with Gasteiger partial charge in [-0.1, -0.05) is 12.2 Å². The molecule has 21 heavy (non-hydrogen) atoms. The molecule has 5 nitrogen and oxygen atoms in total. The number of thiocarbonyl (C=S) groups is 1. The summed E-state index contributed by atoms with van der Waals surface area (Å²) in [6, 6.07) is 10.4. The van der Waals surface area contributed by atoms with E-state index in [4.69, 9.17) is 22.7 Å². The molecule has 1 aromatic carbocycles. The number of nitrogens with two attached hydrogens (primary N) is 1. The van der Waals surface area contributed by atoms with Gasteiger partial charge in [-0.2, -0.15) is 0 Å². The van der Waals surface area contributed by atoms with Gasteiger partial charge in [-0.3, -0.25) is 4.79 Å². The fourth-order valence-corrected chi connectivity index (χ4v) is 2.00. The highest BCUT2D eigenvalue weighted by Gasteiger charge is 2.07. The zero-order chi connectivity index (χ0) is 15.2. The van der Waals surface area contributed by atoms with Gasteiger partial charge in [0, 0.05) is 11.8 Å². The fourth-order valence-electron chi connectivity index (χ4n) is 1.51. The normalized spacial score (nSPS) is 9.95. The van der Waals surface area contributed by atoms with Crippen LogP contribution in [0.3, 0.4) is 0 Å². The van der Waals surface area contributed by atoms with Gasteiger partial charge in [0.05, 0.1) is 4.47 Å². The van der Waals surface area contributed by atoms with Gasteiger partial charge in [0.15, 0.2) is 6.61 Å². The van der Waals surface area contributed by atoms with Crippen LogP contribution >= 0.6 is 28.1 Å². The second-order valence-corrected chi connectivity index (χ2v) is 5.35. The van der Waals surface area contributed by atoms with Crippen LogP contribution in [-0.2, 0) is 4.79 Å². The van der Waals surface area contributed by atoms with E-state index in [2.05, 4.69) is 26.2 Å². The molecule has 1 amide bonds. The molecular formula is C14H12BrN3O2S. The molecular weight excluding hydrogens is 354 g/mol. The van der Waals surface area contributed by atoms with Crippen LogP contribution in [0.4, 0.5) is 5.82 Å². The predicted octanol–water partition coefficient (Wildman–Crippen LogP) is 2.50. The van der Waals surface area contributed by atoms with E-state index < -0.39 is 0 Å². The molecule has 0 saturated carbocycles. The number of pyridine rings is 1. The molecule has 2 aromatic rings. The number of halogens is 1. The van der Waals surface area contributed by atoms with Crippen molar-refractivity contribution in [3.8, 4) is 5.75 Å². The Morgan fingerprint density at radius 2 is 2.05 bits per heavy atom. The van der Waals surface area contributed by atoms with Gasteiger partial charge < -0.3 is 15.8 Å². The Balaban J connectivity index is 1.89. The van der Waals surface area contributed by atoms with Crippen LogP contribution in [0.15, 0.2) is 47.1 Å². The summed E-state index contributed by atoms with van der Waals surface area (Å²) in [5.74, 6) is 0.716. The topological polar surface area (TPSA) is 77.2 Å². The first kappa shape index (κ1) is 15.4. The lowest BCUT2D eigenvalue weighted by Gasteiger charge is -2.08. The van der Waals surface area contributed by atoms with Crippen LogP contribution in [0.25, 0.3) is 0 Å². The van der Waals surface area contributed by atoms with Gasteiger partial charge >= 0.3 is 0 Å². The van der Waals surface area contributed by atoms with Crippen LogP contribution < -0.4 is 15.8 Å². The third-order valence-corrected chi connectivity index (χ3v) is 3.40. The van der Waals surface area contributed by atoms with Crippen molar-refractivity contribution in [3.05, 3.63) is 52.6 Å². The van der Waals surface area contributed by atoms with Gasteiger partial charge in [-0.15, -0.1) is 0 Å². The monoisotopic (exact) mass is 365 g/mol. The number of anilines is 1. The van der Waals surface area contributed by atoms with Gasteiger partial charge in [0.2, 0.25) is 0 Å². The summed E-state index contributed by atoms with van der Waals surface area (Å²) < 4.78 is 6.08. The van der Waals surface area contributed by atoms with E-state index in [1.165, 1.54) is 0 Å². The van der Waals surface area contributed by atoms with Gasteiger partial charge in [0.1, 0.15) is 16.6 Å². The molecule has 1 heterocycles. The molecule has 0 aliphatic carbocycles. The van der Waals surface area contributed by atoms with Crippen LogP contribution in [0, 0.1) is 0 Å². The van der Waals surface area contributed by atoms with Crippen LogP contribution in [0.1, 0.15) is 5.56 Å². The Bertz CT molecular complexity index is 662. The lowest BCUT2D eigenvalue weighted by atomic mass is 10.2. The average Bonchev–Trinajstić information content (AvgIpc) is 2.48. The smallest absolute Gasteiger partial charge is 0.263 e. The second-order valence-electron chi connectivity index (χ2n) is 4.06. The highest BCUT2D eigenvalue weighted by molar-refractivity contribution is 9.10. The molecule has 0 unspecified atom stereocenters. The average molecular weight is 366 g/mol. The highest BCUT2D eigenvalue weighted by Crippen LogP contribution is 2.18. The number of hydrogen-bond acceptors (Lipinski definition) is 4. The lowest BCUT2D eigenvalue weighted by Crippen LogP contribution is -2.21. The largest absolute Gasteiger partial charge is 0.484 e. The highest BCUT2D eigenvalue weighted by atomic mass is 79.9. The van der Waals surface area contributed by atoms with E-state index in [1.807, 2.05) is 0 Å². The Morgan fingerprint density at radius 1 is 1.33 bits per heavy atom. The number of carbonyl (C=O) groups excluding carboxylic acids is 1. The summed E-state index contributed by atoms with van der Waals surface area (Å²) >= 11 is 8.16. The maximum absolute atomic E-state index is 11.8. The summed E-state index contributed by atoms with van der Waals surface area (Å²) in [6.07, 6.45) is 1.59. The van der Waals surface area contributed by atoms with E-state index in [9.17, 15) is 4.79 Å². The molecule has 0 radical (unpaired) electrons. The Hall–Kier alpha value is -1.99. The van der Waals surface area contributed by atoms with Crippen LogP contribution in [0.2, 0.25) is 0 Å². The van der Waals surface area contributed by atoms with Gasteiger partial charge in [-0.05, 0) is 52.3 Å². The minimum Gasteiger partial charge on any atom is -0.484 e. The Kier molecular flexibility index (Phi) is 5.24. The molecule has 2 rings (SSSR count). The fraction of sp³-hybridized carbons (Fsp3) is 0.0714. The van der Waals surface area contributed by atoms with E-state index in [-0.39, 0.29) is 12.5 Å². The number of benzene rings is 1. The first-order chi connectivity index (χ1) is 10.1. The standard InChI is InChI=1S/C14H12BrN3O2S/c15-11-2-1-7-17-14(11)18-12(19)8-20-10-5-3-9(4-6-10)13(16)21/h1-7H,8H2,(H2,16,21)(H,17,18,19). The first-order valence-electron chi connectivity index (χ1n) is 5.99. The Morgan fingerprint density at radius 3 is 2.67 bits per heavy atom. The lowest BCUT2D eigenvalue weighted by molar-refractivity contribution is -0.118. The molecule has 0 saturated heterocycles. The summed E-state index contributed by atoms with van der Waals surface area (Å²) in [5, 5.41) is 2.65. The number of nitrogens with one attached hydrogen (secondary N) is 1. The number of carbonyl (C=O) groups is 1. The van der Waals surface area contributed by atoms with Crippen molar-refractivity contribution in [3.63, 3.8) is 0 Å². The Labute approximate surface area is 135 Å². The van der Waals surface area contributed by atoms with Crippen molar-refractivity contribution in [2.24, 2.45) is 5.73 Å². The zero-order valence-corrected chi connectivity index (χ0v) is 13.3. The van der Waals surface area contributed by atoms with Crippen molar-refractivity contribution in [2.75, 3.05) is 11.9 Å². The van der Waals surface area contributed by atoms with E-state index in [1.54, 1.807) is 42.6 Å². The van der Waals surface area contributed by atoms with Gasteiger partial charge in [-0.25, -0.2) is 4.98 Å². The van der Waals surface area contributed by atoms with E-state index in [0.717, 1.165) is 5.56 Å².